The van der Waals surface area contributed by atoms with Crippen molar-refractivity contribution in [1.82, 2.24) is 5.32 Å². The molecule has 0 bridgehead atoms. The van der Waals surface area contributed by atoms with E-state index in [1.54, 1.807) is 0 Å². The summed E-state index contributed by atoms with van der Waals surface area (Å²) >= 11 is 0. The van der Waals surface area contributed by atoms with Gasteiger partial charge in [0.25, 0.3) is 0 Å². The van der Waals surface area contributed by atoms with E-state index in [1.807, 2.05) is 0 Å². The molecule has 0 saturated heterocycles. The first-order valence-electron chi connectivity index (χ1n) is 16.6. The number of carbonyl (C=O) groups excluding carboxylic acids is 1. The second-order valence-corrected chi connectivity index (χ2v) is 14.2. The minimum Gasteiger partial charge on any atom is -0.353 e. The van der Waals surface area contributed by atoms with Gasteiger partial charge in [0.2, 0.25) is 5.91 Å². The molecule has 0 spiro atoms. The summed E-state index contributed by atoms with van der Waals surface area (Å²) in [6, 6.07) is 38.7. The van der Waals surface area contributed by atoms with E-state index in [0.29, 0.717) is 32.1 Å². The molecule has 0 aliphatic carbocycles. The van der Waals surface area contributed by atoms with E-state index in [1.165, 1.54) is 64.8 Å². The van der Waals surface area contributed by atoms with Gasteiger partial charge in [-0.05, 0) is 108 Å². The lowest BCUT2D eigenvalue weighted by Gasteiger charge is -2.21. The first-order chi connectivity index (χ1) is 23.3. The van der Waals surface area contributed by atoms with Crippen LogP contribution < -0.4 is 5.32 Å². The Bertz CT molecular complexity index is 2450. The van der Waals surface area contributed by atoms with Crippen molar-refractivity contribution < 1.29 is 23.7 Å². The topological polar surface area (TPSA) is 95.9 Å². The van der Waals surface area contributed by atoms with Crippen LogP contribution in [0.25, 0.3) is 64.6 Å². The molecular formula is C41H36NO5P. The average molecular weight is 654 g/mol. The van der Waals surface area contributed by atoms with Gasteiger partial charge >= 0.3 is 7.82 Å². The van der Waals surface area contributed by atoms with E-state index in [9.17, 15) is 19.1 Å². The number of amides is 1. The van der Waals surface area contributed by atoms with Crippen LogP contribution in [0.4, 0.5) is 0 Å². The number of benzene rings is 8. The fourth-order valence-corrected chi connectivity index (χ4v) is 8.10. The van der Waals surface area contributed by atoms with Gasteiger partial charge in [-0.3, -0.25) is 9.32 Å². The van der Waals surface area contributed by atoms with Crippen LogP contribution in [0.15, 0.2) is 109 Å². The smallest absolute Gasteiger partial charge is 0.353 e. The molecule has 3 N–H and O–H groups in total. The minimum absolute atomic E-state index is 0.0219. The number of nitrogens with one attached hydrogen (secondary N) is 1. The van der Waals surface area contributed by atoms with Crippen molar-refractivity contribution in [1.29, 1.82) is 0 Å². The number of carbonyl (C=O) groups is 1. The molecule has 8 aromatic carbocycles. The van der Waals surface area contributed by atoms with E-state index in [-0.39, 0.29) is 18.6 Å². The fourth-order valence-electron chi connectivity index (χ4n) is 7.73. The van der Waals surface area contributed by atoms with E-state index in [0.717, 1.165) is 17.4 Å². The highest BCUT2D eigenvalue weighted by atomic mass is 31.2. The molecule has 0 saturated carbocycles. The fraction of sp³-hybridized carbons (Fsp3) is 0.195. The highest BCUT2D eigenvalue weighted by Crippen LogP contribution is 2.38. The van der Waals surface area contributed by atoms with Crippen LogP contribution >= 0.6 is 7.82 Å². The first-order valence-corrected chi connectivity index (χ1v) is 18.2. The zero-order chi connectivity index (χ0) is 32.8. The van der Waals surface area contributed by atoms with Gasteiger partial charge in [-0.25, -0.2) is 4.57 Å². The molecule has 0 radical (unpaired) electrons. The quantitative estimate of drug-likeness (QED) is 0.0694. The third-order valence-corrected chi connectivity index (χ3v) is 10.4. The molecule has 0 fully saturated rings. The Morgan fingerprint density at radius 1 is 0.625 bits per heavy atom. The van der Waals surface area contributed by atoms with Gasteiger partial charge < -0.3 is 15.1 Å². The summed E-state index contributed by atoms with van der Waals surface area (Å²) in [6.45, 7) is -0.0796. The van der Waals surface area contributed by atoms with E-state index < -0.39 is 7.82 Å². The van der Waals surface area contributed by atoms with Crippen molar-refractivity contribution >= 4 is 78.4 Å². The summed E-state index contributed by atoms with van der Waals surface area (Å²) in [5.74, 6) is -0.0219. The average Bonchev–Trinajstić information content (AvgIpc) is 3.08. The zero-order valence-corrected chi connectivity index (χ0v) is 27.4. The van der Waals surface area contributed by atoms with Crippen molar-refractivity contribution in [2.24, 2.45) is 0 Å². The Morgan fingerprint density at radius 2 is 1.10 bits per heavy atom. The van der Waals surface area contributed by atoms with Crippen LogP contribution in [0.3, 0.4) is 0 Å². The maximum absolute atomic E-state index is 13.4. The predicted octanol–water partition coefficient (Wildman–Crippen LogP) is 9.42. The van der Waals surface area contributed by atoms with Gasteiger partial charge in [-0.1, -0.05) is 109 Å². The third kappa shape index (κ3) is 5.86. The summed E-state index contributed by atoms with van der Waals surface area (Å²) in [5.41, 5.74) is 2.38. The summed E-state index contributed by atoms with van der Waals surface area (Å²) in [4.78, 5) is 31.8. The monoisotopic (exact) mass is 653 g/mol. The van der Waals surface area contributed by atoms with E-state index in [4.69, 9.17) is 4.52 Å². The standard InChI is InChI=1S/C41H36NO5P/c43-37(11-3-5-26-12-13-31-16-14-27-6-1-8-29-20-22-35(26)40(31)38(27)29)42-34(10-4-24-47-48(44,45)46)25-33-19-18-32-17-15-28-7-2-9-30-21-23-36(33)41(32)39(28)30/h1-2,6-9,12-23,34H,3-5,10-11,24-25H2,(H,42,43)(H2,44,45,46). The molecular weight excluding hydrogens is 617 g/mol. The molecule has 0 aliphatic heterocycles. The van der Waals surface area contributed by atoms with Crippen molar-refractivity contribution in [2.75, 3.05) is 6.61 Å². The Kier molecular flexibility index (Phi) is 7.98. The van der Waals surface area contributed by atoms with E-state index >= 15 is 0 Å². The predicted molar refractivity (Wildman–Crippen MR) is 196 cm³/mol. The molecule has 1 unspecified atom stereocenters. The third-order valence-electron chi connectivity index (χ3n) is 9.88. The van der Waals surface area contributed by atoms with Gasteiger partial charge in [-0.2, -0.15) is 0 Å². The van der Waals surface area contributed by atoms with Gasteiger partial charge in [-0.15, -0.1) is 0 Å². The summed E-state index contributed by atoms with van der Waals surface area (Å²) in [6.07, 6.45) is 3.42. The number of aryl methyl sites for hydroxylation is 1. The lowest BCUT2D eigenvalue weighted by atomic mass is 9.89. The maximum Gasteiger partial charge on any atom is 0.469 e. The molecule has 0 heterocycles. The molecule has 0 aromatic heterocycles. The highest BCUT2D eigenvalue weighted by molar-refractivity contribution is 7.46. The number of phosphoric ester groups is 1. The summed E-state index contributed by atoms with van der Waals surface area (Å²) < 4.78 is 16.0. The molecule has 8 rings (SSSR count). The first kappa shape index (κ1) is 30.7. The Balaban J connectivity index is 1.01. The Hall–Kier alpha value is -4.58. The van der Waals surface area contributed by atoms with Crippen LogP contribution in [0.1, 0.15) is 36.8 Å². The van der Waals surface area contributed by atoms with Gasteiger partial charge in [0.05, 0.1) is 6.61 Å². The molecule has 6 nitrogen and oxygen atoms in total. The second-order valence-electron chi connectivity index (χ2n) is 12.9. The minimum atomic E-state index is -4.55. The summed E-state index contributed by atoms with van der Waals surface area (Å²) in [7, 11) is -4.55. The summed E-state index contributed by atoms with van der Waals surface area (Å²) in [5, 5.41) is 18.0. The Morgan fingerprint density at radius 3 is 1.67 bits per heavy atom. The molecule has 8 aromatic rings. The maximum atomic E-state index is 13.4. The van der Waals surface area contributed by atoms with E-state index in [2.05, 4.69) is 115 Å². The van der Waals surface area contributed by atoms with Crippen molar-refractivity contribution in [2.45, 2.75) is 44.6 Å². The molecule has 240 valence electrons. The van der Waals surface area contributed by atoms with Crippen molar-refractivity contribution in [3.05, 3.63) is 120 Å². The van der Waals surface area contributed by atoms with Crippen LogP contribution in [-0.4, -0.2) is 28.3 Å². The van der Waals surface area contributed by atoms with Gasteiger partial charge in [0.15, 0.2) is 0 Å². The number of rotatable bonds is 12. The lowest BCUT2D eigenvalue weighted by molar-refractivity contribution is -0.121. The van der Waals surface area contributed by atoms with Crippen LogP contribution in [0.2, 0.25) is 0 Å². The molecule has 48 heavy (non-hydrogen) atoms. The zero-order valence-electron chi connectivity index (χ0n) is 26.5. The second kappa shape index (κ2) is 12.5. The van der Waals surface area contributed by atoms with Crippen molar-refractivity contribution in [3.8, 4) is 0 Å². The molecule has 0 aliphatic rings. The normalized spacial score (nSPS) is 13.1. The van der Waals surface area contributed by atoms with Gasteiger partial charge in [0, 0.05) is 12.5 Å². The largest absolute Gasteiger partial charge is 0.469 e. The highest BCUT2D eigenvalue weighted by Gasteiger charge is 2.19. The Labute approximate surface area is 278 Å². The molecule has 7 heteroatoms. The number of hydrogen-bond donors (Lipinski definition) is 3. The van der Waals surface area contributed by atoms with Crippen LogP contribution in [0, 0.1) is 0 Å². The lowest BCUT2D eigenvalue weighted by Crippen LogP contribution is -2.36. The van der Waals surface area contributed by atoms with Gasteiger partial charge in [0.1, 0.15) is 0 Å². The molecule has 1 amide bonds. The van der Waals surface area contributed by atoms with Crippen LogP contribution in [0.5, 0.6) is 0 Å². The van der Waals surface area contributed by atoms with Crippen molar-refractivity contribution in [3.63, 3.8) is 0 Å². The SMILES string of the molecule is O=C(CCCc1ccc2ccc3cccc4ccc1c2c34)NC(CCCOP(=O)(O)O)Cc1ccc2ccc3cccc4ccc1c2c34. The number of hydrogen-bond acceptors (Lipinski definition) is 3. The van der Waals surface area contributed by atoms with Crippen LogP contribution in [-0.2, 0) is 26.7 Å². The number of phosphoric acid groups is 1. The molecule has 1 atom stereocenters.